The number of carbonyl (C=O) groups excluding carboxylic acids is 1. The van der Waals surface area contributed by atoms with Gasteiger partial charge in [0.25, 0.3) is 0 Å². The molecule has 0 bridgehead atoms. The van der Waals surface area contributed by atoms with E-state index in [1.807, 2.05) is 12.1 Å². The first-order valence-electron chi connectivity index (χ1n) is 7.26. The third-order valence-electron chi connectivity index (χ3n) is 4.50. The van der Waals surface area contributed by atoms with Gasteiger partial charge in [-0.1, -0.05) is 18.5 Å². The highest BCUT2D eigenvalue weighted by Crippen LogP contribution is 2.39. The van der Waals surface area contributed by atoms with Crippen molar-refractivity contribution in [2.75, 3.05) is 30.4 Å². The van der Waals surface area contributed by atoms with Crippen LogP contribution in [0.4, 0.5) is 11.4 Å². The number of benzene rings is 1. The van der Waals surface area contributed by atoms with Gasteiger partial charge in [-0.2, -0.15) is 0 Å². The zero-order valence-corrected chi connectivity index (χ0v) is 12.9. The fourth-order valence-corrected chi connectivity index (χ4v) is 3.36. The third-order valence-corrected chi connectivity index (χ3v) is 4.80. The monoisotopic (exact) mass is 309 g/mol. The summed E-state index contributed by atoms with van der Waals surface area (Å²) in [5.74, 6) is 0.246. The van der Waals surface area contributed by atoms with Crippen LogP contribution in [0.1, 0.15) is 24.9 Å². The van der Waals surface area contributed by atoms with Crippen molar-refractivity contribution in [3.05, 3.63) is 22.7 Å². The third kappa shape index (κ3) is 2.50. The number of hydrogen-bond acceptors (Lipinski definition) is 4. The van der Waals surface area contributed by atoms with Crippen LogP contribution >= 0.6 is 11.6 Å². The lowest BCUT2D eigenvalue weighted by Crippen LogP contribution is -2.43. The number of likely N-dealkylation sites (N-methyl/N-ethyl adjacent to an activating group) is 1. The van der Waals surface area contributed by atoms with Crippen molar-refractivity contribution in [3.63, 3.8) is 0 Å². The highest BCUT2D eigenvalue weighted by molar-refractivity contribution is 6.33. The van der Waals surface area contributed by atoms with Crippen LogP contribution in [0.5, 0.6) is 0 Å². The second kappa shape index (κ2) is 5.48. The molecule has 5 nitrogen and oxygen atoms in total. The van der Waals surface area contributed by atoms with Gasteiger partial charge in [0.15, 0.2) is 0 Å². The molecule has 1 aromatic rings. The van der Waals surface area contributed by atoms with Gasteiger partial charge in [0.05, 0.1) is 16.8 Å². The molecule has 3 atom stereocenters. The number of β-amino-alcohol motifs (C(OH)–C–C–N with tert-alkyl or cyclic N) is 1. The van der Waals surface area contributed by atoms with Gasteiger partial charge in [-0.3, -0.25) is 4.79 Å². The number of halogens is 1. The lowest BCUT2D eigenvalue weighted by Gasteiger charge is -2.36. The first kappa shape index (κ1) is 14.6. The lowest BCUT2D eigenvalue weighted by molar-refractivity contribution is -0.117. The number of anilines is 2. The summed E-state index contributed by atoms with van der Waals surface area (Å²) in [7, 11) is 1.75. The van der Waals surface area contributed by atoms with Crippen molar-refractivity contribution in [2.24, 2.45) is 5.92 Å². The summed E-state index contributed by atoms with van der Waals surface area (Å²) in [6.45, 7) is 3.49. The van der Waals surface area contributed by atoms with Crippen LogP contribution in [-0.2, 0) is 4.79 Å². The summed E-state index contributed by atoms with van der Waals surface area (Å²) in [6, 6.07) is 3.41. The Morgan fingerprint density at radius 3 is 2.90 bits per heavy atom. The number of aliphatic hydroxyl groups excluding tert-OH is 1. The number of piperidine rings is 1. The Labute approximate surface area is 129 Å². The van der Waals surface area contributed by atoms with Crippen LogP contribution < -0.4 is 15.5 Å². The maximum atomic E-state index is 11.9. The van der Waals surface area contributed by atoms with Crippen molar-refractivity contribution >= 4 is 28.9 Å². The second-order valence-corrected chi connectivity index (χ2v) is 6.29. The minimum Gasteiger partial charge on any atom is -0.391 e. The first-order chi connectivity index (χ1) is 10.0. The lowest BCUT2D eigenvalue weighted by atomic mass is 9.95. The Kier molecular flexibility index (Phi) is 3.82. The average Bonchev–Trinajstić information content (AvgIpc) is 2.75. The molecular formula is C15H20ClN3O2. The van der Waals surface area contributed by atoms with Crippen LogP contribution in [-0.4, -0.2) is 37.3 Å². The van der Waals surface area contributed by atoms with Crippen molar-refractivity contribution in [3.8, 4) is 0 Å². The molecule has 1 fully saturated rings. The number of hydrogen-bond donors (Lipinski definition) is 3. The van der Waals surface area contributed by atoms with Crippen LogP contribution in [0.2, 0.25) is 5.02 Å². The Balaban J connectivity index is 1.92. The number of nitrogens with one attached hydrogen (secondary N) is 2. The number of rotatable bonds is 2. The molecule has 1 aromatic carbocycles. The molecule has 3 rings (SSSR count). The van der Waals surface area contributed by atoms with E-state index in [1.54, 1.807) is 7.05 Å². The highest BCUT2D eigenvalue weighted by Gasteiger charge is 2.32. The SMILES string of the molecule is CNC1C(=O)Nc2cc(N3CCC(C)C(O)C3)c(Cl)cc21. The summed E-state index contributed by atoms with van der Waals surface area (Å²) >= 11 is 6.41. The predicted octanol–water partition coefficient (Wildman–Crippen LogP) is 1.76. The van der Waals surface area contributed by atoms with E-state index in [-0.39, 0.29) is 18.1 Å². The molecule has 114 valence electrons. The van der Waals surface area contributed by atoms with Gasteiger partial charge in [-0.05, 0) is 31.5 Å². The Hall–Kier alpha value is -1.30. The predicted molar refractivity (Wildman–Crippen MR) is 83.9 cm³/mol. The fourth-order valence-electron chi connectivity index (χ4n) is 3.07. The Morgan fingerprint density at radius 2 is 2.24 bits per heavy atom. The van der Waals surface area contributed by atoms with Gasteiger partial charge >= 0.3 is 0 Å². The van der Waals surface area contributed by atoms with Gasteiger partial charge in [0.2, 0.25) is 5.91 Å². The van der Waals surface area contributed by atoms with Gasteiger partial charge in [-0.15, -0.1) is 0 Å². The molecule has 3 unspecified atom stereocenters. The quantitative estimate of drug-likeness (QED) is 0.779. The van der Waals surface area contributed by atoms with E-state index >= 15 is 0 Å². The summed E-state index contributed by atoms with van der Waals surface area (Å²) < 4.78 is 0. The van der Waals surface area contributed by atoms with Crippen LogP contribution in [0.25, 0.3) is 0 Å². The van der Waals surface area contributed by atoms with Gasteiger partial charge in [-0.25, -0.2) is 0 Å². The maximum Gasteiger partial charge on any atom is 0.246 e. The first-order valence-corrected chi connectivity index (χ1v) is 7.63. The molecule has 2 aliphatic rings. The molecule has 0 saturated carbocycles. The van der Waals surface area contributed by atoms with Crippen molar-refractivity contribution in [1.29, 1.82) is 0 Å². The topological polar surface area (TPSA) is 64.6 Å². The molecule has 1 amide bonds. The van der Waals surface area contributed by atoms with E-state index < -0.39 is 0 Å². The maximum absolute atomic E-state index is 11.9. The second-order valence-electron chi connectivity index (χ2n) is 5.88. The van der Waals surface area contributed by atoms with Crippen LogP contribution in [0.15, 0.2) is 12.1 Å². The molecule has 0 radical (unpaired) electrons. The molecular weight excluding hydrogens is 290 g/mol. The summed E-state index contributed by atoms with van der Waals surface area (Å²) in [5.41, 5.74) is 2.55. The van der Waals surface area contributed by atoms with Crippen molar-refractivity contribution < 1.29 is 9.90 Å². The molecule has 1 saturated heterocycles. The molecule has 3 N–H and O–H groups in total. The summed E-state index contributed by atoms with van der Waals surface area (Å²) in [4.78, 5) is 14.0. The molecule has 6 heteroatoms. The Bertz CT molecular complexity index is 578. The number of carbonyl (C=O) groups is 1. The van der Waals surface area contributed by atoms with E-state index in [9.17, 15) is 9.90 Å². The van der Waals surface area contributed by atoms with Gasteiger partial charge < -0.3 is 20.6 Å². The summed E-state index contributed by atoms with van der Waals surface area (Å²) in [5, 5.41) is 16.5. The molecule has 21 heavy (non-hydrogen) atoms. The van der Waals surface area contributed by atoms with Gasteiger partial charge in [0, 0.05) is 24.3 Å². The summed E-state index contributed by atoms with van der Waals surface area (Å²) in [6.07, 6.45) is 0.586. The average molecular weight is 310 g/mol. The number of fused-ring (bicyclic) bond motifs is 1. The smallest absolute Gasteiger partial charge is 0.246 e. The van der Waals surface area contributed by atoms with E-state index in [2.05, 4.69) is 22.5 Å². The minimum atomic E-state index is -0.349. The molecule has 0 aromatic heterocycles. The normalized spacial score (nSPS) is 28.5. The highest BCUT2D eigenvalue weighted by atomic mass is 35.5. The number of amides is 1. The van der Waals surface area contributed by atoms with E-state index in [1.165, 1.54) is 0 Å². The molecule has 2 aliphatic heterocycles. The number of nitrogens with zero attached hydrogens (tertiary/aromatic N) is 1. The van der Waals surface area contributed by atoms with E-state index in [0.29, 0.717) is 17.5 Å². The largest absolute Gasteiger partial charge is 0.391 e. The van der Waals surface area contributed by atoms with Crippen LogP contribution in [0, 0.1) is 5.92 Å². The number of aliphatic hydroxyl groups is 1. The van der Waals surface area contributed by atoms with Gasteiger partial charge in [0.1, 0.15) is 6.04 Å². The van der Waals surface area contributed by atoms with Crippen molar-refractivity contribution in [2.45, 2.75) is 25.5 Å². The standard InChI is InChI=1S/C15H20ClN3O2/c1-8-3-4-19(7-13(8)20)12-6-11-9(5-10(12)16)14(17-2)15(21)18-11/h5-6,8,13-14,17,20H,3-4,7H2,1-2H3,(H,18,21). The van der Waals surface area contributed by atoms with E-state index in [0.717, 1.165) is 29.9 Å². The zero-order chi connectivity index (χ0) is 15.1. The minimum absolute atomic E-state index is 0.0620. The van der Waals surface area contributed by atoms with Crippen molar-refractivity contribution in [1.82, 2.24) is 5.32 Å². The zero-order valence-electron chi connectivity index (χ0n) is 12.2. The molecule has 2 heterocycles. The fraction of sp³-hybridized carbons (Fsp3) is 0.533. The molecule has 0 aliphatic carbocycles. The van der Waals surface area contributed by atoms with E-state index in [4.69, 9.17) is 11.6 Å². The molecule has 0 spiro atoms. The Morgan fingerprint density at radius 1 is 1.48 bits per heavy atom. The van der Waals surface area contributed by atoms with Crippen LogP contribution in [0.3, 0.4) is 0 Å².